The van der Waals surface area contributed by atoms with Gasteiger partial charge in [-0.1, -0.05) is 12.1 Å². The van der Waals surface area contributed by atoms with Crippen LogP contribution in [0.15, 0.2) is 36.3 Å². The Labute approximate surface area is 120 Å². The summed E-state index contributed by atoms with van der Waals surface area (Å²) in [7, 11) is 1.65. The predicted octanol–water partition coefficient (Wildman–Crippen LogP) is 1.92. The predicted molar refractivity (Wildman–Crippen MR) is 78.1 cm³/mol. The van der Waals surface area contributed by atoms with E-state index in [1.807, 2.05) is 52.0 Å². The molecule has 0 radical (unpaired) electrons. The van der Waals surface area contributed by atoms with Crippen molar-refractivity contribution in [1.29, 1.82) is 0 Å². The number of nitrogens with one attached hydrogen (secondary N) is 1. The second kappa shape index (κ2) is 5.19. The fourth-order valence-corrected chi connectivity index (χ4v) is 1.80. The van der Waals surface area contributed by atoms with Crippen LogP contribution in [0.5, 0.6) is 5.75 Å². The van der Waals surface area contributed by atoms with Crippen LogP contribution in [-0.2, 0) is 9.47 Å². The number of ether oxygens (including phenoxy) is 3. The molecule has 1 aromatic carbocycles. The molecule has 4 heteroatoms. The maximum atomic E-state index is 5.79. The Morgan fingerprint density at radius 3 is 2.25 bits per heavy atom. The lowest BCUT2D eigenvalue weighted by Gasteiger charge is -2.28. The molecule has 0 aliphatic carbocycles. The van der Waals surface area contributed by atoms with Gasteiger partial charge >= 0.3 is 0 Å². The van der Waals surface area contributed by atoms with Gasteiger partial charge in [-0.2, -0.15) is 0 Å². The minimum absolute atomic E-state index is 0.350. The summed E-state index contributed by atoms with van der Waals surface area (Å²) in [5, 5.41) is 0. The smallest absolute Gasteiger partial charge is 0.286 e. The molecule has 1 aliphatic heterocycles. The van der Waals surface area contributed by atoms with E-state index in [0.29, 0.717) is 5.95 Å². The summed E-state index contributed by atoms with van der Waals surface area (Å²) in [5.74, 6) is 1.30. The molecule has 1 heterocycles. The normalized spacial score (nSPS) is 19.6. The molecule has 0 aromatic heterocycles. The van der Waals surface area contributed by atoms with Gasteiger partial charge in [-0.05, 0) is 33.8 Å². The van der Waals surface area contributed by atoms with Crippen molar-refractivity contribution in [3.8, 4) is 5.75 Å². The number of methoxy groups -OCH3 is 1. The minimum atomic E-state index is -0.350. The van der Waals surface area contributed by atoms with Crippen LogP contribution in [0.25, 0.3) is 0 Å². The zero-order valence-electron chi connectivity index (χ0n) is 12.7. The second-order valence-electron chi connectivity index (χ2n) is 5.72. The lowest BCUT2D eigenvalue weighted by atomic mass is 9.90. The van der Waals surface area contributed by atoms with E-state index < -0.39 is 0 Å². The van der Waals surface area contributed by atoms with Crippen LogP contribution in [-0.4, -0.2) is 24.5 Å². The van der Waals surface area contributed by atoms with Gasteiger partial charge in [0, 0.05) is 6.07 Å². The molecular formula is C16H22NO3+. The fraction of sp³-hybridized carbons (Fsp3) is 0.438. The first kappa shape index (κ1) is 14.4. The number of allylic oxidation sites excluding steroid dienone is 1. The molecule has 20 heavy (non-hydrogen) atoms. The molecule has 0 unspecified atom stereocenters. The molecule has 0 spiro atoms. The van der Waals surface area contributed by atoms with E-state index in [1.54, 1.807) is 19.4 Å². The van der Waals surface area contributed by atoms with Gasteiger partial charge in [0.15, 0.2) is 12.0 Å². The molecule has 1 aliphatic rings. The molecule has 0 amide bonds. The summed E-state index contributed by atoms with van der Waals surface area (Å²) < 4.78 is 16.9. The van der Waals surface area contributed by atoms with E-state index in [0.717, 1.165) is 11.4 Å². The van der Waals surface area contributed by atoms with Crippen molar-refractivity contribution < 1.29 is 19.2 Å². The first-order chi connectivity index (χ1) is 9.36. The van der Waals surface area contributed by atoms with Crippen LogP contribution < -0.4 is 9.73 Å². The molecule has 1 saturated heterocycles. The van der Waals surface area contributed by atoms with E-state index in [9.17, 15) is 0 Å². The minimum Gasteiger partial charge on any atom is -0.490 e. The van der Waals surface area contributed by atoms with Crippen molar-refractivity contribution in [1.82, 2.24) is 0 Å². The van der Waals surface area contributed by atoms with Crippen LogP contribution >= 0.6 is 0 Å². The van der Waals surface area contributed by atoms with Gasteiger partial charge in [0.2, 0.25) is 5.69 Å². The largest absolute Gasteiger partial charge is 0.490 e. The van der Waals surface area contributed by atoms with Crippen molar-refractivity contribution in [3.63, 3.8) is 0 Å². The molecule has 1 aromatic rings. The lowest BCUT2D eigenvalue weighted by molar-refractivity contribution is -0.347. The van der Waals surface area contributed by atoms with Gasteiger partial charge in [-0.3, -0.25) is 0 Å². The highest BCUT2D eigenvalue weighted by Gasteiger charge is 2.48. The highest BCUT2D eigenvalue weighted by molar-refractivity contribution is 5.67. The topological polar surface area (TPSA) is 41.7 Å². The Kier molecular flexibility index (Phi) is 3.75. The molecule has 4 nitrogen and oxygen atoms in total. The van der Waals surface area contributed by atoms with E-state index in [1.165, 1.54) is 0 Å². The van der Waals surface area contributed by atoms with E-state index in [2.05, 4.69) is 4.99 Å². The monoisotopic (exact) mass is 276 g/mol. The van der Waals surface area contributed by atoms with Crippen molar-refractivity contribution in [3.05, 3.63) is 36.3 Å². The number of hydrogen-bond acceptors (Lipinski definition) is 3. The highest BCUT2D eigenvalue weighted by atomic mass is 16.7. The van der Waals surface area contributed by atoms with Crippen molar-refractivity contribution in [2.24, 2.45) is 0 Å². The Hall–Kier alpha value is -1.97. The maximum absolute atomic E-state index is 5.79. The average molecular weight is 276 g/mol. The van der Waals surface area contributed by atoms with E-state index >= 15 is 0 Å². The van der Waals surface area contributed by atoms with Gasteiger partial charge in [0.1, 0.15) is 11.2 Å². The van der Waals surface area contributed by atoms with Gasteiger partial charge < -0.3 is 14.2 Å². The van der Waals surface area contributed by atoms with Crippen molar-refractivity contribution in [2.75, 3.05) is 7.11 Å². The number of rotatable bonds is 3. The molecule has 108 valence electrons. The van der Waals surface area contributed by atoms with Gasteiger partial charge in [0.05, 0.1) is 13.2 Å². The van der Waals surface area contributed by atoms with Gasteiger partial charge in [-0.25, -0.2) is 4.99 Å². The Morgan fingerprint density at radius 2 is 1.65 bits per heavy atom. The van der Waals surface area contributed by atoms with Crippen molar-refractivity contribution in [2.45, 2.75) is 38.9 Å². The van der Waals surface area contributed by atoms with Crippen molar-refractivity contribution >= 4 is 11.9 Å². The van der Waals surface area contributed by atoms with Gasteiger partial charge in [0.25, 0.3) is 5.95 Å². The Balaban J connectivity index is 2.13. The molecular weight excluding hydrogens is 254 g/mol. The average Bonchev–Trinajstić information content (AvgIpc) is 2.58. The standard InChI is InChI=1S/C16H21NO3/c1-15(2)16(3,4)20-14(19-15)10-11-17-12-8-6-7-9-13(12)18-5/h6-11H,1-5H3/p+1. The third-order valence-electron chi connectivity index (χ3n) is 3.73. The first-order valence-corrected chi connectivity index (χ1v) is 6.67. The van der Waals surface area contributed by atoms with E-state index in [-0.39, 0.29) is 11.2 Å². The maximum Gasteiger partial charge on any atom is 0.286 e. The summed E-state index contributed by atoms with van der Waals surface area (Å²) >= 11 is 0. The van der Waals surface area contributed by atoms with Crippen LogP contribution in [0.4, 0.5) is 5.69 Å². The van der Waals surface area contributed by atoms with E-state index in [4.69, 9.17) is 14.2 Å². The third kappa shape index (κ3) is 2.79. The zero-order chi connectivity index (χ0) is 14.8. The Bertz CT molecular complexity index is 526. The summed E-state index contributed by atoms with van der Waals surface area (Å²) in [6.45, 7) is 8.06. The third-order valence-corrected chi connectivity index (χ3v) is 3.73. The van der Waals surface area contributed by atoms with Crippen LogP contribution in [0.2, 0.25) is 0 Å². The molecule has 2 rings (SSSR count). The molecule has 0 atom stereocenters. The van der Waals surface area contributed by atoms with Crippen LogP contribution in [0.3, 0.4) is 0 Å². The first-order valence-electron chi connectivity index (χ1n) is 6.67. The van der Waals surface area contributed by atoms with Crippen LogP contribution in [0.1, 0.15) is 27.7 Å². The summed E-state index contributed by atoms with van der Waals surface area (Å²) in [5.41, 5.74) is 0.192. The van der Waals surface area contributed by atoms with Gasteiger partial charge in [-0.15, -0.1) is 0 Å². The number of benzene rings is 1. The fourth-order valence-electron chi connectivity index (χ4n) is 1.80. The van der Waals surface area contributed by atoms with Crippen LogP contribution in [0, 0.1) is 0 Å². The second-order valence-corrected chi connectivity index (χ2v) is 5.72. The SMILES string of the molecule is COc1ccccc1[NH+]=CC=C1OC(C)(C)C(C)(C)O1. The molecule has 0 saturated carbocycles. The zero-order valence-corrected chi connectivity index (χ0v) is 12.7. The summed E-state index contributed by atoms with van der Waals surface area (Å²) in [6, 6.07) is 7.72. The summed E-state index contributed by atoms with van der Waals surface area (Å²) in [6.07, 6.45) is 3.56. The quantitative estimate of drug-likeness (QED) is 0.858. The number of para-hydroxylation sites is 2. The molecule has 0 bridgehead atoms. The highest BCUT2D eigenvalue weighted by Crippen LogP contribution is 2.39. The summed E-state index contributed by atoms with van der Waals surface area (Å²) in [4.78, 5) is 3.16. The lowest BCUT2D eigenvalue weighted by Crippen LogP contribution is -2.61. The number of hydrogen-bond donors (Lipinski definition) is 1. The Morgan fingerprint density at radius 1 is 1.05 bits per heavy atom. The molecule has 1 N–H and O–H groups in total. The molecule has 1 fully saturated rings.